The van der Waals surface area contributed by atoms with Crippen molar-refractivity contribution in [2.45, 2.75) is 25.2 Å². The third-order valence-electron chi connectivity index (χ3n) is 3.17. The minimum Gasteiger partial charge on any atom is -0.324 e. The first-order valence-electron chi connectivity index (χ1n) is 6.77. The molecule has 2 N–H and O–H groups in total. The molecule has 0 spiro atoms. The van der Waals surface area contributed by atoms with Gasteiger partial charge < -0.3 is 5.32 Å². The number of hydrogen-bond donors (Lipinski definition) is 2. The molecule has 0 saturated heterocycles. The monoisotopic (exact) mass is 378 g/mol. The van der Waals surface area contributed by atoms with Crippen LogP contribution in [0.5, 0.6) is 0 Å². The number of aromatic nitrogens is 2. The molecule has 2 rings (SSSR count). The molecule has 2 aromatic rings. The van der Waals surface area contributed by atoms with E-state index in [1.807, 2.05) is 0 Å². The summed E-state index contributed by atoms with van der Waals surface area (Å²) >= 11 is 5.53. The van der Waals surface area contributed by atoms with Crippen molar-refractivity contribution in [3.8, 4) is 0 Å². The summed E-state index contributed by atoms with van der Waals surface area (Å²) in [5.41, 5.74) is -0.0551. The Kier molecular flexibility index (Phi) is 5.74. The number of halogens is 4. The lowest BCUT2D eigenvalue weighted by Gasteiger charge is -2.10. The van der Waals surface area contributed by atoms with Crippen LogP contribution in [0.15, 0.2) is 30.5 Å². The maximum Gasteiger partial charge on any atom is 0.508 e. The normalized spacial score (nSPS) is 13.5. The fourth-order valence-corrected chi connectivity index (χ4v) is 2.49. The van der Waals surface area contributed by atoms with Crippen molar-refractivity contribution in [1.82, 2.24) is 9.97 Å². The molecule has 1 aromatic heterocycles. The molecule has 5 nitrogen and oxygen atoms in total. The van der Waals surface area contributed by atoms with Gasteiger partial charge in [-0.3, -0.25) is 0 Å². The Morgan fingerprint density at radius 3 is 2.46 bits per heavy atom. The Hall–Kier alpha value is -1.76. The van der Waals surface area contributed by atoms with Gasteiger partial charge in [-0.05, 0) is 29.2 Å². The van der Waals surface area contributed by atoms with Crippen LogP contribution < -0.4 is 5.32 Å². The lowest BCUT2D eigenvalue weighted by Crippen LogP contribution is -2.09. The van der Waals surface area contributed by atoms with E-state index in [1.165, 1.54) is 0 Å². The van der Waals surface area contributed by atoms with Crippen LogP contribution >= 0.6 is 19.6 Å². The van der Waals surface area contributed by atoms with Gasteiger partial charge in [-0.15, -0.1) is 0 Å². The van der Waals surface area contributed by atoms with Gasteiger partial charge in [0.1, 0.15) is 10.7 Å². The maximum atomic E-state index is 12.6. The van der Waals surface area contributed by atoms with Crippen molar-refractivity contribution >= 4 is 31.3 Å². The van der Waals surface area contributed by atoms with E-state index in [0.29, 0.717) is 18.3 Å². The summed E-state index contributed by atoms with van der Waals surface area (Å²) in [6.45, 7) is 1.67. The highest BCUT2D eigenvalue weighted by atomic mass is 35.5. The first kappa shape index (κ1) is 18.6. The van der Waals surface area contributed by atoms with Gasteiger partial charge in [0.2, 0.25) is 5.95 Å². The summed E-state index contributed by atoms with van der Waals surface area (Å²) in [6, 6.07) is 6.82. The van der Waals surface area contributed by atoms with Gasteiger partial charge >= 0.3 is 14.2 Å². The SMILES string of the molecule is CC(Cc1ccc(Nc2ncc(C(F)(F)F)c(Cl)n2)cc1)[P+](=O)O. The number of nitrogens with zero attached hydrogens (tertiary/aromatic N) is 2. The zero-order chi connectivity index (χ0) is 17.9. The minimum atomic E-state index is -4.61. The quantitative estimate of drug-likeness (QED) is 0.589. The summed E-state index contributed by atoms with van der Waals surface area (Å²) in [5, 5.41) is 2.06. The molecule has 2 unspecified atom stereocenters. The van der Waals surface area contributed by atoms with Gasteiger partial charge in [0.05, 0.1) is 0 Å². The lowest BCUT2D eigenvalue weighted by atomic mass is 10.1. The Morgan fingerprint density at radius 2 is 1.96 bits per heavy atom. The number of anilines is 2. The average Bonchev–Trinajstić information content (AvgIpc) is 2.48. The highest BCUT2D eigenvalue weighted by molar-refractivity contribution is 7.38. The molecule has 24 heavy (non-hydrogen) atoms. The average molecular weight is 379 g/mol. The van der Waals surface area contributed by atoms with Crippen molar-refractivity contribution in [1.29, 1.82) is 0 Å². The molecule has 2 atom stereocenters. The van der Waals surface area contributed by atoms with Crippen LogP contribution in [-0.2, 0) is 17.2 Å². The van der Waals surface area contributed by atoms with Crippen molar-refractivity contribution in [3.05, 3.63) is 46.7 Å². The van der Waals surface area contributed by atoms with E-state index in [9.17, 15) is 17.7 Å². The maximum absolute atomic E-state index is 12.6. The topological polar surface area (TPSA) is 75.1 Å². The molecule has 1 aromatic carbocycles. The van der Waals surface area contributed by atoms with Crippen LogP contribution in [0.4, 0.5) is 24.8 Å². The molecule has 0 saturated carbocycles. The smallest absolute Gasteiger partial charge is 0.324 e. The largest absolute Gasteiger partial charge is 0.508 e. The predicted octanol–water partition coefficient (Wildman–Crippen LogP) is 4.56. The summed E-state index contributed by atoms with van der Waals surface area (Å²) in [4.78, 5) is 16.2. The molecular formula is C14H13ClF3N3O2P+. The van der Waals surface area contributed by atoms with E-state index < -0.39 is 24.9 Å². The van der Waals surface area contributed by atoms with Crippen LogP contribution in [0.1, 0.15) is 18.1 Å². The van der Waals surface area contributed by atoms with Gasteiger partial charge in [-0.1, -0.05) is 23.7 Å². The van der Waals surface area contributed by atoms with E-state index in [4.69, 9.17) is 16.5 Å². The second-order valence-electron chi connectivity index (χ2n) is 5.07. The highest BCUT2D eigenvalue weighted by Gasteiger charge is 2.34. The van der Waals surface area contributed by atoms with Crippen LogP contribution in [0.25, 0.3) is 0 Å². The number of rotatable bonds is 5. The van der Waals surface area contributed by atoms with Gasteiger partial charge in [-0.25, -0.2) is 9.97 Å². The second-order valence-corrected chi connectivity index (χ2v) is 6.92. The fourth-order valence-electron chi connectivity index (χ4n) is 1.88. The Bertz CT molecular complexity index is 741. The predicted molar refractivity (Wildman–Crippen MR) is 84.8 cm³/mol. The highest BCUT2D eigenvalue weighted by Crippen LogP contribution is 2.33. The number of benzene rings is 1. The summed E-state index contributed by atoms with van der Waals surface area (Å²) in [5.74, 6) is -0.0624. The second kappa shape index (κ2) is 7.42. The Labute approximate surface area is 141 Å². The molecular weight excluding hydrogens is 366 g/mol. The third-order valence-corrected chi connectivity index (χ3v) is 4.39. The summed E-state index contributed by atoms with van der Waals surface area (Å²) in [6.07, 6.45) is -3.55. The van der Waals surface area contributed by atoms with E-state index in [0.717, 1.165) is 5.56 Å². The number of alkyl halides is 3. The summed E-state index contributed by atoms with van der Waals surface area (Å²) in [7, 11) is -2.24. The number of nitrogens with one attached hydrogen (secondary N) is 1. The van der Waals surface area contributed by atoms with E-state index >= 15 is 0 Å². The van der Waals surface area contributed by atoms with Crippen molar-refractivity contribution < 1.29 is 22.6 Å². The molecule has 0 aliphatic rings. The minimum absolute atomic E-state index is 0.0624. The molecule has 0 aliphatic carbocycles. The van der Waals surface area contributed by atoms with Crippen molar-refractivity contribution in [2.24, 2.45) is 0 Å². The first-order valence-corrected chi connectivity index (χ1v) is 8.43. The zero-order valence-corrected chi connectivity index (χ0v) is 14.0. The van der Waals surface area contributed by atoms with Gasteiger partial charge in [0, 0.05) is 18.3 Å². The number of hydrogen-bond acceptors (Lipinski definition) is 4. The van der Waals surface area contributed by atoms with Crippen LogP contribution in [0.2, 0.25) is 5.15 Å². The molecule has 0 fully saturated rings. The zero-order valence-electron chi connectivity index (χ0n) is 12.4. The van der Waals surface area contributed by atoms with Crippen LogP contribution in [0.3, 0.4) is 0 Å². The fraction of sp³-hybridized carbons (Fsp3) is 0.286. The Balaban J connectivity index is 2.09. The Morgan fingerprint density at radius 1 is 1.33 bits per heavy atom. The van der Waals surface area contributed by atoms with Crippen LogP contribution in [0, 0.1) is 0 Å². The van der Waals surface area contributed by atoms with Crippen molar-refractivity contribution in [2.75, 3.05) is 5.32 Å². The van der Waals surface area contributed by atoms with E-state index in [2.05, 4.69) is 15.3 Å². The standard InChI is InChI=1S/C14H12ClF3N3O2P/c1-8(24(22)23)6-9-2-4-10(5-3-9)20-13-19-7-11(12(15)21-13)14(16,17)18/h2-5,7-8H,6H2,1H3,(H-,19,20,21,22,23)/p+1. The molecule has 0 aliphatic heterocycles. The summed E-state index contributed by atoms with van der Waals surface area (Å²) < 4.78 is 48.7. The van der Waals surface area contributed by atoms with Crippen LogP contribution in [-0.4, -0.2) is 20.5 Å². The molecule has 0 radical (unpaired) electrons. The lowest BCUT2D eigenvalue weighted by molar-refractivity contribution is -0.137. The van der Waals surface area contributed by atoms with E-state index in [1.54, 1.807) is 31.2 Å². The van der Waals surface area contributed by atoms with Crippen molar-refractivity contribution in [3.63, 3.8) is 0 Å². The van der Waals surface area contributed by atoms with E-state index in [-0.39, 0.29) is 11.6 Å². The third kappa shape index (κ3) is 4.87. The molecule has 0 amide bonds. The molecule has 1 heterocycles. The van der Waals surface area contributed by atoms with Gasteiger partial charge in [-0.2, -0.15) is 18.1 Å². The molecule has 10 heteroatoms. The van der Waals surface area contributed by atoms with Gasteiger partial charge in [0.15, 0.2) is 5.66 Å². The molecule has 128 valence electrons. The van der Waals surface area contributed by atoms with Gasteiger partial charge in [0.25, 0.3) is 0 Å². The molecule has 0 bridgehead atoms. The first-order chi connectivity index (χ1) is 11.2.